The van der Waals surface area contributed by atoms with Crippen molar-refractivity contribution < 1.29 is 14.3 Å². The predicted molar refractivity (Wildman–Crippen MR) is 103 cm³/mol. The van der Waals surface area contributed by atoms with Crippen LogP contribution in [0.5, 0.6) is 11.5 Å². The van der Waals surface area contributed by atoms with E-state index in [0.717, 1.165) is 11.3 Å². The van der Waals surface area contributed by atoms with Gasteiger partial charge in [-0.3, -0.25) is 9.79 Å². The molecule has 0 aliphatic carbocycles. The van der Waals surface area contributed by atoms with Crippen LogP contribution < -0.4 is 25.4 Å². The molecule has 0 unspecified atom stereocenters. The second-order valence-electron chi connectivity index (χ2n) is 5.40. The van der Waals surface area contributed by atoms with Crippen LogP contribution in [0.25, 0.3) is 0 Å². The molecule has 0 saturated carbocycles. The van der Waals surface area contributed by atoms with Gasteiger partial charge in [0.15, 0.2) is 17.5 Å². The molecule has 2 rings (SSSR count). The highest BCUT2D eigenvalue weighted by molar-refractivity contribution is 5.94. The van der Waals surface area contributed by atoms with Crippen LogP contribution in [0.15, 0.2) is 47.5 Å². The standard InChI is InChI=1S/C19H24N4O3/c1-20-18(24)14-7-5-13(6-8-14)12-22-19(21-2)23-15-9-10-16(25-3)17(11-15)26-4/h5-11H,12H2,1-4H3,(H,20,24)(H2,21,22,23). The molecule has 0 heterocycles. The number of ether oxygens (including phenoxy) is 2. The molecule has 3 N–H and O–H groups in total. The summed E-state index contributed by atoms with van der Waals surface area (Å²) in [5, 5.41) is 9.03. The summed E-state index contributed by atoms with van der Waals surface area (Å²) >= 11 is 0. The number of hydrogen-bond donors (Lipinski definition) is 3. The quantitative estimate of drug-likeness (QED) is 0.546. The number of benzene rings is 2. The number of carbonyl (C=O) groups excluding carboxylic acids is 1. The molecule has 0 bridgehead atoms. The van der Waals surface area contributed by atoms with E-state index >= 15 is 0 Å². The fourth-order valence-electron chi connectivity index (χ4n) is 2.33. The highest BCUT2D eigenvalue weighted by Gasteiger charge is 2.07. The lowest BCUT2D eigenvalue weighted by Gasteiger charge is -2.14. The smallest absolute Gasteiger partial charge is 0.251 e. The Hall–Kier alpha value is -3.22. The maximum Gasteiger partial charge on any atom is 0.251 e. The number of nitrogens with one attached hydrogen (secondary N) is 3. The van der Waals surface area contributed by atoms with Crippen molar-refractivity contribution in [3.05, 3.63) is 53.6 Å². The van der Waals surface area contributed by atoms with Gasteiger partial charge in [-0.2, -0.15) is 0 Å². The maximum atomic E-state index is 11.6. The van der Waals surface area contributed by atoms with Crippen LogP contribution in [0.3, 0.4) is 0 Å². The van der Waals surface area contributed by atoms with Gasteiger partial charge in [0.05, 0.1) is 14.2 Å². The van der Waals surface area contributed by atoms with Gasteiger partial charge in [-0.15, -0.1) is 0 Å². The van der Waals surface area contributed by atoms with Crippen molar-refractivity contribution in [2.75, 3.05) is 33.6 Å². The summed E-state index contributed by atoms with van der Waals surface area (Å²) < 4.78 is 10.5. The molecular formula is C19H24N4O3. The number of methoxy groups -OCH3 is 2. The lowest BCUT2D eigenvalue weighted by molar-refractivity contribution is 0.0963. The van der Waals surface area contributed by atoms with Crippen LogP contribution in [-0.2, 0) is 6.54 Å². The maximum absolute atomic E-state index is 11.6. The SMILES string of the molecule is CN=C(NCc1ccc(C(=O)NC)cc1)Nc1ccc(OC)c(OC)c1. The van der Waals surface area contributed by atoms with Gasteiger partial charge >= 0.3 is 0 Å². The predicted octanol–water partition coefficient (Wildman–Crippen LogP) is 2.25. The third kappa shape index (κ3) is 4.89. The molecule has 0 aromatic heterocycles. The van der Waals surface area contributed by atoms with E-state index in [9.17, 15) is 4.79 Å². The zero-order valence-electron chi connectivity index (χ0n) is 15.4. The molecule has 0 saturated heterocycles. The van der Waals surface area contributed by atoms with Crippen LogP contribution in [0.4, 0.5) is 5.69 Å². The molecule has 7 nitrogen and oxygen atoms in total. The van der Waals surface area contributed by atoms with Crippen LogP contribution in [-0.4, -0.2) is 40.2 Å². The first kappa shape index (κ1) is 19.1. The van der Waals surface area contributed by atoms with E-state index < -0.39 is 0 Å². The Labute approximate surface area is 153 Å². The monoisotopic (exact) mass is 356 g/mol. The molecule has 0 spiro atoms. The molecule has 0 fully saturated rings. The van der Waals surface area contributed by atoms with E-state index in [1.807, 2.05) is 30.3 Å². The van der Waals surface area contributed by atoms with Gasteiger partial charge in [-0.1, -0.05) is 12.1 Å². The molecule has 0 atom stereocenters. The van der Waals surface area contributed by atoms with E-state index in [0.29, 0.717) is 29.6 Å². The van der Waals surface area contributed by atoms with Crippen molar-refractivity contribution in [2.45, 2.75) is 6.54 Å². The molecule has 0 aliphatic rings. The first-order valence-corrected chi connectivity index (χ1v) is 8.12. The summed E-state index contributed by atoms with van der Waals surface area (Å²) in [6.45, 7) is 0.570. The molecule has 0 aliphatic heterocycles. The van der Waals surface area contributed by atoms with E-state index in [-0.39, 0.29) is 5.91 Å². The summed E-state index contributed by atoms with van der Waals surface area (Å²) in [6, 6.07) is 12.9. The Balaban J connectivity index is 1.99. The lowest BCUT2D eigenvalue weighted by atomic mass is 10.1. The Morgan fingerprint density at radius 2 is 1.73 bits per heavy atom. The van der Waals surface area contributed by atoms with Crippen molar-refractivity contribution in [1.29, 1.82) is 0 Å². The molecular weight excluding hydrogens is 332 g/mol. The summed E-state index contributed by atoms with van der Waals surface area (Å²) in [5.74, 6) is 1.82. The van der Waals surface area contributed by atoms with Gasteiger partial charge in [-0.25, -0.2) is 0 Å². The minimum atomic E-state index is -0.101. The van der Waals surface area contributed by atoms with E-state index in [1.165, 1.54) is 0 Å². The number of anilines is 1. The van der Waals surface area contributed by atoms with E-state index in [4.69, 9.17) is 9.47 Å². The highest BCUT2D eigenvalue weighted by atomic mass is 16.5. The first-order chi connectivity index (χ1) is 12.6. The van der Waals surface area contributed by atoms with Crippen LogP contribution in [0.2, 0.25) is 0 Å². The number of hydrogen-bond acceptors (Lipinski definition) is 4. The second kappa shape index (κ2) is 9.31. The van der Waals surface area contributed by atoms with Crippen molar-refractivity contribution in [2.24, 2.45) is 4.99 Å². The molecule has 1 amide bonds. The Bertz CT molecular complexity index is 773. The average Bonchev–Trinajstić information content (AvgIpc) is 2.70. The minimum Gasteiger partial charge on any atom is -0.493 e. The number of guanidine groups is 1. The number of nitrogens with zero attached hydrogens (tertiary/aromatic N) is 1. The third-order valence-corrected chi connectivity index (χ3v) is 3.77. The fourth-order valence-corrected chi connectivity index (χ4v) is 2.33. The molecule has 7 heteroatoms. The lowest BCUT2D eigenvalue weighted by Crippen LogP contribution is -2.30. The number of aliphatic imine (C=N–C) groups is 1. The van der Waals surface area contributed by atoms with Crippen molar-refractivity contribution >= 4 is 17.6 Å². The number of carbonyl (C=O) groups is 1. The third-order valence-electron chi connectivity index (χ3n) is 3.77. The zero-order valence-corrected chi connectivity index (χ0v) is 15.4. The zero-order chi connectivity index (χ0) is 18.9. The van der Waals surface area contributed by atoms with Gasteiger partial charge in [0.25, 0.3) is 5.91 Å². The van der Waals surface area contributed by atoms with E-state index in [2.05, 4.69) is 20.9 Å². The fraction of sp³-hybridized carbons (Fsp3) is 0.263. The summed E-state index contributed by atoms with van der Waals surface area (Å²) in [4.78, 5) is 15.8. The summed E-state index contributed by atoms with van der Waals surface area (Å²) in [6.07, 6.45) is 0. The van der Waals surface area contributed by atoms with Gasteiger partial charge < -0.3 is 25.4 Å². The van der Waals surface area contributed by atoms with Gasteiger partial charge in [0.1, 0.15) is 0 Å². The Morgan fingerprint density at radius 3 is 2.31 bits per heavy atom. The molecule has 2 aromatic rings. The van der Waals surface area contributed by atoms with Crippen LogP contribution >= 0.6 is 0 Å². The van der Waals surface area contributed by atoms with Crippen molar-refractivity contribution in [3.63, 3.8) is 0 Å². The Kier molecular flexibility index (Phi) is 6.84. The summed E-state index contributed by atoms with van der Waals surface area (Å²) in [7, 11) is 6.50. The second-order valence-corrected chi connectivity index (χ2v) is 5.40. The minimum absolute atomic E-state index is 0.101. The van der Waals surface area contributed by atoms with Crippen LogP contribution in [0.1, 0.15) is 15.9 Å². The molecule has 26 heavy (non-hydrogen) atoms. The Morgan fingerprint density at radius 1 is 1.04 bits per heavy atom. The number of amides is 1. The molecule has 0 radical (unpaired) electrons. The first-order valence-electron chi connectivity index (χ1n) is 8.12. The largest absolute Gasteiger partial charge is 0.493 e. The molecule has 2 aromatic carbocycles. The number of rotatable bonds is 6. The van der Waals surface area contributed by atoms with E-state index in [1.54, 1.807) is 40.4 Å². The van der Waals surface area contributed by atoms with Gasteiger partial charge in [0, 0.05) is 38.0 Å². The van der Waals surface area contributed by atoms with Gasteiger partial charge in [0.2, 0.25) is 0 Å². The average molecular weight is 356 g/mol. The van der Waals surface area contributed by atoms with Gasteiger partial charge in [-0.05, 0) is 29.8 Å². The van der Waals surface area contributed by atoms with Crippen LogP contribution in [0, 0.1) is 0 Å². The highest BCUT2D eigenvalue weighted by Crippen LogP contribution is 2.29. The summed E-state index contributed by atoms with van der Waals surface area (Å²) in [5.41, 5.74) is 2.49. The van der Waals surface area contributed by atoms with Crippen molar-refractivity contribution in [1.82, 2.24) is 10.6 Å². The molecule has 138 valence electrons. The topological polar surface area (TPSA) is 84.0 Å². The normalized spacial score (nSPS) is 10.8. The van der Waals surface area contributed by atoms with Crippen molar-refractivity contribution in [3.8, 4) is 11.5 Å².